The van der Waals surface area contributed by atoms with Crippen molar-refractivity contribution in [2.75, 3.05) is 0 Å². The SMILES string of the molecule is CC(=O)OC1=CC[C@@H]2[C@H]3CC[C@H]4C[C@H](OC(C)=O)CC[C@]4(C)[C@@H]3CC[C@@]12C. The van der Waals surface area contributed by atoms with E-state index in [-0.39, 0.29) is 23.5 Å². The van der Waals surface area contributed by atoms with Crippen LogP contribution in [0.4, 0.5) is 0 Å². The van der Waals surface area contributed by atoms with E-state index in [1.807, 2.05) is 0 Å². The van der Waals surface area contributed by atoms with E-state index >= 15 is 0 Å². The van der Waals surface area contributed by atoms with Crippen molar-refractivity contribution in [3.8, 4) is 0 Å². The first-order chi connectivity index (χ1) is 12.7. The van der Waals surface area contributed by atoms with Gasteiger partial charge in [0.25, 0.3) is 0 Å². The lowest BCUT2D eigenvalue weighted by molar-refractivity contribution is -0.159. The molecule has 0 heterocycles. The predicted octanol–water partition coefficient (Wildman–Crippen LogP) is 5.02. The monoisotopic (exact) mass is 374 g/mol. The van der Waals surface area contributed by atoms with Crippen LogP contribution in [0.1, 0.15) is 79.1 Å². The highest BCUT2D eigenvalue weighted by atomic mass is 16.5. The minimum Gasteiger partial charge on any atom is -0.463 e. The third-order valence-corrected chi connectivity index (χ3v) is 8.71. The van der Waals surface area contributed by atoms with E-state index in [9.17, 15) is 9.59 Å². The van der Waals surface area contributed by atoms with Gasteiger partial charge in [-0.2, -0.15) is 0 Å². The fraction of sp³-hybridized carbons (Fsp3) is 0.826. The second kappa shape index (κ2) is 6.63. The molecule has 0 unspecified atom stereocenters. The minimum atomic E-state index is -0.190. The molecule has 0 aliphatic heterocycles. The molecule has 3 fully saturated rings. The van der Waals surface area contributed by atoms with Crippen LogP contribution >= 0.6 is 0 Å². The van der Waals surface area contributed by atoms with Crippen LogP contribution in [0.25, 0.3) is 0 Å². The number of esters is 2. The Morgan fingerprint density at radius 2 is 1.78 bits per heavy atom. The summed E-state index contributed by atoms with van der Waals surface area (Å²) in [5.74, 6) is 3.35. The van der Waals surface area contributed by atoms with Gasteiger partial charge in [0.15, 0.2) is 0 Å². The molecule has 4 nitrogen and oxygen atoms in total. The van der Waals surface area contributed by atoms with Gasteiger partial charge in [-0.3, -0.25) is 9.59 Å². The standard InChI is InChI=1S/C23H34O4/c1-14(24)26-17-9-11-22(3)16(13-17)5-6-18-19-7-8-21(27-15(2)25)23(19,4)12-10-20(18)22/h8,16-20H,5-7,9-13H2,1-4H3/t16-,17+,18+,19+,20+,22-,23+/m0/s1. The van der Waals surface area contributed by atoms with E-state index < -0.39 is 0 Å². The number of rotatable bonds is 2. The quantitative estimate of drug-likeness (QED) is 0.637. The lowest BCUT2D eigenvalue weighted by Crippen LogP contribution is -2.54. The van der Waals surface area contributed by atoms with Crippen LogP contribution in [-0.4, -0.2) is 18.0 Å². The number of allylic oxidation sites excluding steroid dienone is 2. The van der Waals surface area contributed by atoms with Crippen molar-refractivity contribution < 1.29 is 19.1 Å². The van der Waals surface area contributed by atoms with Gasteiger partial charge >= 0.3 is 11.9 Å². The van der Waals surface area contributed by atoms with E-state index in [1.165, 1.54) is 39.5 Å². The molecule has 0 N–H and O–H groups in total. The first-order valence-corrected chi connectivity index (χ1v) is 10.8. The Kier molecular flexibility index (Phi) is 4.67. The number of hydrogen-bond acceptors (Lipinski definition) is 4. The maximum atomic E-state index is 11.5. The largest absolute Gasteiger partial charge is 0.463 e. The molecule has 0 spiro atoms. The summed E-state index contributed by atoms with van der Waals surface area (Å²) >= 11 is 0. The number of ether oxygens (including phenoxy) is 2. The maximum Gasteiger partial charge on any atom is 0.307 e. The van der Waals surface area contributed by atoms with E-state index in [4.69, 9.17) is 9.47 Å². The number of carbonyl (C=O) groups is 2. The molecule has 0 radical (unpaired) electrons. The van der Waals surface area contributed by atoms with Gasteiger partial charge in [0.05, 0.1) is 0 Å². The molecule has 0 aromatic rings. The van der Waals surface area contributed by atoms with Crippen molar-refractivity contribution >= 4 is 11.9 Å². The van der Waals surface area contributed by atoms with Crippen LogP contribution in [0.5, 0.6) is 0 Å². The van der Waals surface area contributed by atoms with E-state index in [0.717, 1.165) is 43.3 Å². The molecule has 4 aliphatic rings. The molecule has 0 amide bonds. The molecule has 4 rings (SSSR count). The Morgan fingerprint density at radius 1 is 1.00 bits per heavy atom. The molecular formula is C23H34O4. The van der Waals surface area contributed by atoms with E-state index in [1.54, 1.807) is 0 Å². The molecule has 7 atom stereocenters. The van der Waals surface area contributed by atoms with Gasteiger partial charge in [0, 0.05) is 19.3 Å². The third-order valence-electron chi connectivity index (χ3n) is 8.71. The molecular weight excluding hydrogens is 340 g/mol. The van der Waals surface area contributed by atoms with Crippen LogP contribution in [0, 0.1) is 34.5 Å². The third kappa shape index (κ3) is 3.03. The first-order valence-electron chi connectivity index (χ1n) is 10.8. The van der Waals surface area contributed by atoms with Crippen LogP contribution in [0.15, 0.2) is 11.8 Å². The van der Waals surface area contributed by atoms with Crippen molar-refractivity contribution in [3.05, 3.63) is 11.8 Å². The van der Waals surface area contributed by atoms with Crippen molar-refractivity contribution in [2.45, 2.75) is 85.2 Å². The molecule has 3 saturated carbocycles. The summed E-state index contributed by atoms with van der Waals surface area (Å²) in [6.07, 6.45) is 11.4. The number of hydrogen-bond donors (Lipinski definition) is 0. The molecule has 0 saturated heterocycles. The topological polar surface area (TPSA) is 52.6 Å². The zero-order valence-electron chi connectivity index (χ0n) is 17.3. The maximum absolute atomic E-state index is 11.5. The normalized spacial score (nSPS) is 45.8. The van der Waals surface area contributed by atoms with Crippen molar-refractivity contribution in [2.24, 2.45) is 34.5 Å². The second-order valence-corrected chi connectivity index (χ2v) is 10.0. The van der Waals surface area contributed by atoms with E-state index in [2.05, 4.69) is 19.9 Å². The molecule has 4 aliphatic carbocycles. The summed E-state index contributed by atoms with van der Waals surface area (Å²) in [6, 6.07) is 0. The Bertz CT molecular complexity index is 667. The Balaban J connectivity index is 1.51. The van der Waals surface area contributed by atoms with Gasteiger partial charge in [-0.25, -0.2) is 0 Å². The van der Waals surface area contributed by atoms with Crippen molar-refractivity contribution in [1.82, 2.24) is 0 Å². The van der Waals surface area contributed by atoms with Crippen molar-refractivity contribution in [1.29, 1.82) is 0 Å². The molecule has 0 aromatic heterocycles. The lowest BCUT2D eigenvalue weighted by atomic mass is 9.45. The van der Waals surface area contributed by atoms with Crippen LogP contribution < -0.4 is 0 Å². The Labute approximate surface area is 163 Å². The zero-order chi connectivity index (χ0) is 19.4. The molecule has 0 aromatic carbocycles. The fourth-order valence-electron chi connectivity index (χ4n) is 7.40. The number of fused-ring (bicyclic) bond motifs is 5. The van der Waals surface area contributed by atoms with Crippen LogP contribution in [0.2, 0.25) is 0 Å². The van der Waals surface area contributed by atoms with Gasteiger partial charge in [0.1, 0.15) is 11.9 Å². The van der Waals surface area contributed by atoms with E-state index in [0.29, 0.717) is 17.3 Å². The summed E-state index contributed by atoms with van der Waals surface area (Å²) < 4.78 is 11.2. The molecule has 150 valence electrons. The summed E-state index contributed by atoms with van der Waals surface area (Å²) in [6.45, 7) is 7.87. The average molecular weight is 375 g/mol. The predicted molar refractivity (Wildman–Crippen MR) is 103 cm³/mol. The average Bonchev–Trinajstić information content (AvgIpc) is 2.91. The van der Waals surface area contributed by atoms with Crippen molar-refractivity contribution in [3.63, 3.8) is 0 Å². The second-order valence-electron chi connectivity index (χ2n) is 10.0. The molecule has 4 heteroatoms. The minimum absolute atomic E-state index is 0.0327. The van der Waals surface area contributed by atoms with Crippen LogP contribution in [0.3, 0.4) is 0 Å². The highest BCUT2D eigenvalue weighted by Gasteiger charge is 2.59. The van der Waals surface area contributed by atoms with Gasteiger partial charge in [-0.1, -0.05) is 13.8 Å². The Morgan fingerprint density at radius 3 is 2.48 bits per heavy atom. The highest BCUT2D eigenvalue weighted by molar-refractivity contribution is 5.67. The van der Waals surface area contributed by atoms with Gasteiger partial charge in [0.2, 0.25) is 0 Å². The zero-order valence-corrected chi connectivity index (χ0v) is 17.3. The smallest absolute Gasteiger partial charge is 0.307 e. The lowest BCUT2D eigenvalue weighted by Gasteiger charge is -2.60. The summed E-state index contributed by atoms with van der Waals surface area (Å²) in [5.41, 5.74) is 0.399. The summed E-state index contributed by atoms with van der Waals surface area (Å²) in [5, 5.41) is 0. The summed E-state index contributed by atoms with van der Waals surface area (Å²) in [7, 11) is 0. The molecule has 0 bridgehead atoms. The highest BCUT2D eigenvalue weighted by Crippen LogP contribution is 2.66. The number of carbonyl (C=O) groups excluding carboxylic acids is 2. The van der Waals surface area contributed by atoms with Gasteiger partial charge < -0.3 is 9.47 Å². The first kappa shape index (κ1) is 19.0. The summed E-state index contributed by atoms with van der Waals surface area (Å²) in [4.78, 5) is 22.9. The fourth-order valence-corrected chi connectivity index (χ4v) is 7.40. The van der Waals surface area contributed by atoms with Gasteiger partial charge in [-0.15, -0.1) is 0 Å². The van der Waals surface area contributed by atoms with Gasteiger partial charge in [-0.05, 0) is 86.5 Å². The Hall–Kier alpha value is -1.32. The van der Waals surface area contributed by atoms with Crippen LogP contribution in [-0.2, 0) is 19.1 Å². The molecule has 27 heavy (non-hydrogen) atoms.